The summed E-state index contributed by atoms with van der Waals surface area (Å²) in [5, 5.41) is 0. The first-order chi connectivity index (χ1) is 19.2. The second-order valence-electron chi connectivity index (χ2n) is 13.6. The van der Waals surface area contributed by atoms with Crippen LogP contribution in [0.25, 0.3) is 0 Å². The quantitative estimate of drug-likeness (QED) is 0.0955. The molecule has 4 N–H and O–H groups in total. The molecule has 6 rings (SSSR count). The van der Waals surface area contributed by atoms with E-state index < -0.39 is 0 Å². The molecule has 4 nitrogen and oxygen atoms in total. The van der Waals surface area contributed by atoms with E-state index in [0.29, 0.717) is 0 Å². The molecular formula is C36H39IN4. The average Bonchev–Trinajstić information content (AvgIpc) is 3.73. The van der Waals surface area contributed by atoms with Crippen LogP contribution >= 0.6 is 22.6 Å². The number of halogens is 1. The number of fused-ring (bicyclic) bond motifs is 8. The molecule has 8 bridgehead atoms. The first kappa shape index (κ1) is 27.8. The lowest BCUT2D eigenvalue weighted by Gasteiger charge is -2.28. The van der Waals surface area contributed by atoms with Crippen LogP contribution in [0.4, 0.5) is 0 Å². The Hall–Kier alpha value is -3.37. The Bertz CT molecular complexity index is 1820. The molecule has 0 saturated heterocycles. The van der Waals surface area contributed by atoms with Gasteiger partial charge in [0, 0.05) is 81.9 Å². The lowest BCUT2D eigenvalue weighted by atomic mass is 9.83. The van der Waals surface area contributed by atoms with Gasteiger partial charge in [-0.2, -0.15) is 0 Å². The van der Waals surface area contributed by atoms with Crippen LogP contribution in [0.15, 0.2) is 66.7 Å². The number of rotatable bonds is 0. The van der Waals surface area contributed by atoms with Crippen LogP contribution in [0, 0.1) is 15.4 Å². The molecule has 0 aliphatic carbocycles. The Kier molecular flexibility index (Phi) is 6.32. The van der Waals surface area contributed by atoms with Gasteiger partial charge in [-0.3, -0.25) is 0 Å². The minimum Gasteiger partial charge on any atom is -0.361 e. The van der Waals surface area contributed by atoms with Gasteiger partial charge in [0.25, 0.3) is 0 Å². The molecule has 5 aromatic rings. The Morgan fingerprint density at radius 2 is 0.927 bits per heavy atom. The molecule has 210 valence electrons. The fourth-order valence-corrected chi connectivity index (χ4v) is 6.57. The monoisotopic (exact) mass is 654 g/mol. The van der Waals surface area contributed by atoms with E-state index in [0.717, 1.165) is 28.2 Å². The lowest BCUT2D eigenvalue weighted by Crippen LogP contribution is -2.26. The second kappa shape index (κ2) is 9.32. The summed E-state index contributed by atoms with van der Waals surface area (Å²) in [6, 6.07) is 24.1. The van der Waals surface area contributed by atoms with Crippen LogP contribution in [0.5, 0.6) is 0 Å². The third-order valence-electron chi connectivity index (χ3n) is 9.38. The van der Waals surface area contributed by atoms with Crippen LogP contribution in [0.1, 0.15) is 112 Å². The number of nitrogens with one attached hydrogen (secondary N) is 4. The normalized spacial score (nSPS) is 18.0. The lowest BCUT2D eigenvalue weighted by molar-refractivity contribution is 0.545. The van der Waals surface area contributed by atoms with Crippen LogP contribution in [-0.4, -0.2) is 19.9 Å². The molecule has 1 aliphatic rings. The van der Waals surface area contributed by atoms with Gasteiger partial charge in [0.15, 0.2) is 0 Å². The van der Waals surface area contributed by atoms with E-state index in [2.05, 4.69) is 176 Å². The third-order valence-corrected chi connectivity index (χ3v) is 10.1. The molecule has 0 atom stereocenters. The number of hydrogen-bond donors (Lipinski definition) is 4. The van der Waals surface area contributed by atoms with E-state index in [1.165, 1.54) is 32.0 Å². The highest BCUT2D eigenvalue weighted by Gasteiger charge is 2.37. The second-order valence-corrected chi connectivity index (χ2v) is 14.8. The number of H-pyrrole nitrogens is 4. The summed E-state index contributed by atoms with van der Waals surface area (Å²) in [5.41, 5.74) is 10.3. The number of aromatic amines is 4. The molecule has 0 fully saturated rings. The topological polar surface area (TPSA) is 63.2 Å². The standard InChI is InChI=1S/C36H39IN4/c1-33(2)25-14-15-26(38-25)34(3,4)28-18-19-30(40-28)36(7,8)32-23(13-12-22-10-9-11-24(37)20-22)21-31(41-32)35(5,6)29-17-16-27(33)39-29/h9-11,14-21,38-41H,1-8H3. The van der Waals surface area contributed by atoms with Crippen molar-refractivity contribution in [3.05, 3.63) is 127 Å². The fourth-order valence-electron chi connectivity index (χ4n) is 6.03. The molecule has 0 saturated carbocycles. The number of benzene rings is 1. The minimum atomic E-state index is -0.335. The maximum absolute atomic E-state index is 3.88. The highest BCUT2D eigenvalue weighted by atomic mass is 127. The summed E-state index contributed by atoms with van der Waals surface area (Å²) >= 11 is 2.35. The average molecular weight is 655 g/mol. The van der Waals surface area contributed by atoms with E-state index >= 15 is 0 Å². The van der Waals surface area contributed by atoms with Gasteiger partial charge in [0.1, 0.15) is 0 Å². The summed E-state index contributed by atoms with van der Waals surface area (Å²) < 4.78 is 1.18. The van der Waals surface area contributed by atoms with Crippen molar-refractivity contribution in [3.8, 4) is 11.8 Å². The summed E-state index contributed by atoms with van der Waals surface area (Å²) in [6.45, 7) is 18.2. The zero-order chi connectivity index (χ0) is 29.4. The predicted molar refractivity (Wildman–Crippen MR) is 177 cm³/mol. The minimum absolute atomic E-state index is 0.215. The van der Waals surface area contributed by atoms with Gasteiger partial charge in [0.05, 0.1) is 0 Å². The van der Waals surface area contributed by atoms with Crippen molar-refractivity contribution in [1.29, 1.82) is 0 Å². The number of aromatic nitrogens is 4. The molecule has 1 aromatic carbocycles. The van der Waals surface area contributed by atoms with Crippen molar-refractivity contribution in [2.24, 2.45) is 0 Å². The van der Waals surface area contributed by atoms with Gasteiger partial charge in [0.2, 0.25) is 0 Å². The number of hydrogen-bond acceptors (Lipinski definition) is 0. The van der Waals surface area contributed by atoms with E-state index in [1.807, 2.05) is 0 Å². The smallest absolute Gasteiger partial charge is 0.0469 e. The molecule has 1 aliphatic heterocycles. The Morgan fingerprint density at radius 1 is 0.488 bits per heavy atom. The van der Waals surface area contributed by atoms with E-state index in [1.54, 1.807) is 0 Å². The molecule has 0 unspecified atom stereocenters. The van der Waals surface area contributed by atoms with Crippen LogP contribution in [-0.2, 0) is 21.7 Å². The van der Waals surface area contributed by atoms with Crippen molar-refractivity contribution in [3.63, 3.8) is 0 Å². The highest BCUT2D eigenvalue weighted by Crippen LogP contribution is 2.41. The van der Waals surface area contributed by atoms with Crippen molar-refractivity contribution < 1.29 is 0 Å². The van der Waals surface area contributed by atoms with Crippen molar-refractivity contribution in [2.45, 2.75) is 77.0 Å². The predicted octanol–water partition coefficient (Wildman–Crippen LogP) is 8.62. The van der Waals surface area contributed by atoms with Gasteiger partial charge in [-0.25, -0.2) is 0 Å². The first-order valence-corrected chi connectivity index (χ1v) is 15.4. The molecule has 5 heteroatoms. The van der Waals surface area contributed by atoms with Gasteiger partial charge in [-0.15, -0.1) is 0 Å². The maximum Gasteiger partial charge on any atom is 0.0469 e. The van der Waals surface area contributed by atoms with E-state index in [4.69, 9.17) is 0 Å². The van der Waals surface area contributed by atoms with Crippen LogP contribution in [0.3, 0.4) is 0 Å². The molecular weight excluding hydrogens is 615 g/mol. The molecule has 4 aromatic heterocycles. The van der Waals surface area contributed by atoms with Crippen LogP contribution in [0.2, 0.25) is 0 Å². The van der Waals surface area contributed by atoms with Gasteiger partial charge >= 0.3 is 0 Å². The zero-order valence-corrected chi connectivity index (χ0v) is 27.4. The van der Waals surface area contributed by atoms with Gasteiger partial charge < -0.3 is 19.9 Å². The molecule has 5 heterocycles. The summed E-state index contributed by atoms with van der Waals surface area (Å²) in [7, 11) is 0. The summed E-state index contributed by atoms with van der Waals surface area (Å²) in [4.78, 5) is 15.3. The van der Waals surface area contributed by atoms with Gasteiger partial charge in [-0.05, 0) is 139 Å². The molecule has 41 heavy (non-hydrogen) atoms. The summed E-state index contributed by atoms with van der Waals surface area (Å²) in [5.74, 6) is 7.00. The summed E-state index contributed by atoms with van der Waals surface area (Å²) in [6.07, 6.45) is 0. The zero-order valence-electron chi connectivity index (χ0n) is 25.2. The van der Waals surface area contributed by atoms with Crippen molar-refractivity contribution in [1.82, 2.24) is 19.9 Å². The maximum atomic E-state index is 3.88. The van der Waals surface area contributed by atoms with E-state index in [9.17, 15) is 0 Å². The molecule has 0 amide bonds. The largest absolute Gasteiger partial charge is 0.361 e. The SMILES string of the molecule is CC1(C)c2ccc([nH]2)C(C)(C)c2ccc([nH]2)C(C)(C)c2[nH]c(cc2C#Cc2cccc(I)c2)C(C)(C)c2ccc1[nH]2. The fraction of sp³-hybridized carbons (Fsp3) is 0.333. The Morgan fingerprint density at radius 3 is 1.39 bits per heavy atom. The Balaban J connectivity index is 1.59. The molecule has 0 radical (unpaired) electrons. The first-order valence-electron chi connectivity index (χ1n) is 14.3. The highest BCUT2D eigenvalue weighted by molar-refractivity contribution is 14.1. The Labute approximate surface area is 257 Å². The van der Waals surface area contributed by atoms with Crippen molar-refractivity contribution in [2.75, 3.05) is 0 Å². The third kappa shape index (κ3) is 4.52. The van der Waals surface area contributed by atoms with Crippen LogP contribution < -0.4 is 0 Å². The van der Waals surface area contributed by atoms with Crippen molar-refractivity contribution >= 4 is 22.6 Å². The molecule has 0 spiro atoms. The van der Waals surface area contributed by atoms with Gasteiger partial charge in [-0.1, -0.05) is 17.9 Å². The van der Waals surface area contributed by atoms with E-state index in [-0.39, 0.29) is 21.7 Å².